The van der Waals surface area contributed by atoms with Crippen molar-refractivity contribution in [2.24, 2.45) is 11.7 Å². The molecule has 98 valence electrons. The molecular weight excluding hydrogens is 210 g/mol. The van der Waals surface area contributed by atoms with Gasteiger partial charge in [0.1, 0.15) is 0 Å². The summed E-state index contributed by atoms with van der Waals surface area (Å²) in [6.07, 6.45) is 6.97. The molecule has 2 heterocycles. The summed E-state index contributed by atoms with van der Waals surface area (Å²) in [7, 11) is 0. The first-order chi connectivity index (χ1) is 8.29. The van der Waals surface area contributed by atoms with E-state index in [1.807, 2.05) is 0 Å². The van der Waals surface area contributed by atoms with Crippen LogP contribution in [0.3, 0.4) is 0 Å². The number of nitrogens with zero attached hydrogens (tertiary/aromatic N) is 2. The lowest BCUT2D eigenvalue weighted by Gasteiger charge is -2.46. The molecule has 0 spiro atoms. The summed E-state index contributed by atoms with van der Waals surface area (Å²) >= 11 is 0. The summed E-state index contributed by atoms with van der Waals surface area (Å²) in [5.74, 6) is 0.769. The van der Waals surface area contributed by atoms with Crippen LogP contribution < -0.4 is 5.73 Å². The maximum absolute atomic E-state index is 5.95. The molecule has 2 saturated heterocycles. The van der Waals surface area contributed by atoms with Crippen LogP contribution in [0.5, 0.6) is 0 Å². The third-order valence-corrected chi connectivity index (χ3v) is 5.33. The van der Waals surface area contributed by atoms with Gasteiger partial charge in [0.05, 0.1) is 0 Å². The van der Waals surface area contributed by atoms with Crippen molar-refractivity contribution in [2.45, 2.75) is 57.2 Å². The molecule has 0 bridgehead atoms. The van der Waals surface area contributed by atoms with E-state index in [4.69, 9.17) is 5.73 Å². The number of piperazine rings is 1. The van der Waals surface area contributed by atoms with Crippen LogP contribution in [-0.4, -0.2) is 54.1 Å². The van der Waals surface area contributed by atoms with Crippen molar-refractivity contribution in [1.29, 1.82) is 0 Å². The van der Waals surface area contributed by atoms with E-state index in [2.05, 4.69) is 16.7 Å². The van der Waals surface area contributed by atoms with Crippen LogP contribution in [0.2, 0.25) is 0 Å². The van der Waals surface area contributed by atoms with Gasteiger partial charge in [-0.05, 0) is 51.6 Å². The lowest BCUT2D eigenvalue weighted by atomic mass is 9.97. The van der Waals surface area contributed by atoms with Crippen LogP contribution in [-0.2, 0) is 0 Å². The number of hydrogen-bond acceptors (Lipinski definition) is 3. The minimum atomic E-state index is 0.737. The maximum Gasteiger partial charge on any atom is 0.0224 e. The molecule has 0 aromatic heterocycles. The molecule has 0 amide bonds. The molecule has 3 rings (SSSR count). The van der Waals surface area contributed by atoms with E-state index in [1.165, 1.54) is 51.7 Å². The highest BCUT2D eigenvalue weighted by Gasteiger charge is 2.40. The van der Waals surface area contributed by atoms with E-state index < -0.39 is 0 Å². The molecule has 2 aliphatic heterocycles. The summed E-state index contributed by atoms with van der Waals surface area (Å²) in [5.41, 5.74) is 5.95. The van der Waals surface area contributed by atoms with Gasteiger partial charge in [-0.1, -0.05) is 6.42 Å². The standard InChI is InChI=1S/C14H27N3/c1-11-9-16-7-3-5-13(16)10-17(11)14-6-2-4-12(14)8-15/h11-14H,2-10,15H2,1H3. The average molecular weight is 237 g/mol. The third-order valence-electron chi connectivity index (χ3n) is 5.33. The van der Waals surface area contributed by atoms with Gasteiger partial charge in [-0.25, -0.2) is 0 Å². The zero-order valence-electron chi connectivity index (χ0n) is 11.1. The number of fused-ring (bicyclic) bond motifs is 1. The first-order valence-corrected chi connectivity index (χ1v) is 7.49. The van der Waals surface area contributed by atoms with Crippen molar-refractivity contribution in [3.8, 4) is 0 Å². The molecule has 3 nitrogen and oxygen atoms in total. The van der Waals surface area contributed by atoms with Crippen molar-refractivity contribution >= 4 is 0 Å². The second-order valence-corrected chi connectivity index (χ2v) is 6.33. The monoisotopic (exact) mass is 237 g/mol. The summed E-state index contributed by atoms with van der Waals surface area (Å²) in [6.45, 7) is 7.25. The molecule has 3 fully saturated rings. The Morgan fingerprint density at radius 3 is 2.82 bits per heavy atom. The molecule has 17 heavy (non-hydrogen) atoms. The fraction of sp³-hybridized carbons (Fsp3) is 1.00. The summed E-state index contributed by atoms with van der Waals surface area (Å²) in [5, 5.41) is 0. The lowest BCUT2D eigenvalue weighted by molar-refractivity contribution is 0.0169. The smallest absolute Gasteiger partial charge is 0.0224 e. The highest BCUT2D eigenvalue weighted by atomic mass is 15.3. The second kappa shape index (κ2) is 4.87. The molecule has 0 aromatic rings. The fourth-order valence-corrected chi connectivity index (χ4v) is 4.40. The quantitative estimate of drug-likeness (QED) is 0.785. The van der Waals surface area contributed by atoms with Gasteiger partial charge in [-0.15, -0.1) is 0 Å². The van der Waals surface area contributed by atoms with Crippen LogP contribution in [0, 0.1) is 5.92 Å². The minimum Gasteiger partial charge on any atom is -0.330 e. The summed E-state index contributed by atoms with van der Waals surface area (Å²) < 4.78 is 0. The SMILES string of the molecule is CC1CN2CCCC2CN1C1CCCC1CN. The van der Waals surface area contributed by atoms with Crippen molar-refractivity contribution in [1.82, 2.24) is 9.80 Å². The summed E-state index contributed by atoms with van der Waals surface area (Å²) in [4.78, 5) is 5.52. The molecule has 0 radical (unpaired) electrons. The molecule has 2 N–H and O–H groups in total. The Morgan fingerprint density at radius 2 is 2.00 bits per heavy atom. The molecular formula is C14H27N3. The molecule has 4 atom stereocenters. The predicted octanol–water partition coefficient (Wildman–Crippen LogP) is 1.28. The van der Waals surface area contributed by atoms with Crippen LogP contribution in [0.25, 0.3) is 0 Å². The fourth-order valence-electron chi connectivity index (χ4n) is 4.40. The van der Waals surface area contributed by atoms with E-state index in [0.717, 1.165) is 30.6 Å². The van der Waals surface area contributed by atoms with Gasteiger partial charge < -0.3 is 5.73 Å². The summed E-state index contributed by atoms with van der Waals surface area (Å²) in [6, 6.07) is 2.38. The lowest BCUT2D eigenvalue weighted by Crippen LogP contribution is -2.59. The van der Waals surface area contributed by atoms with Gasteiger partial charge in [-0.2, -0.15) is 0 Å². The highest BCUT2D eigenvalue weighted by molar-refractivity contribution is 4.96. The van der Waals surface area contributed by atoms with Crippen LogP contribution in [0.15, 0.2) is 0 Å². The van der Waals surface area contributed by atoms with E-state index in [9.17, 15) is 0 Å². The molecule has 3 heteroatoms. The van der Waals surface area contributed by atoms with Gasteiger partial charge in [0.25, 0.3) is 0 Å². The second-order valence-electron chi connectivity index (χ2n) is 6.33. The van der Waals surface area contributed by atoms with Crippen molar-refractivity contribution in [3.63, 3.8) is 0 Å². The maximum atomic E-state index is 5.95. The number of nitrogens with two attached hydrogens (primary N) is 1. The van der Waals surface area contributed by atoms with E-state index in [1.54, 1.807) is 0 Å². The molecule has 0 aromatic carbocycles. The van der Waals surface area contributed by atoms with Crippen molar-refractivity contribution in [2.75, 3.05) is 26.2 Å². The topological polar surface area (TPSA) is 32.5 Å². The first-order valence-electron chi connectivity index (χ1n) is 7.49. The molecule has 1 aliphatic carbocycles. The van der Waals surface area contributed by atoms with Gasteiger partial charge >= 0.3 is 0 Å². The Hall–Kier alpha value is -0.120. The zero-order chi connectivity index (χ0) is 11.8. The Labute approximate surface area is 105 Å². The van der Waals surface area contributed by atoms with Crippen LogP contribution in [0.1, 0.15) is 39.0 Å². The van der Waals surface area contributed by atoms with E-state index in [0.29, 0.717) is 0 Å². The molecule has 4 unspecified atom stereocenters. The first kappa shape index (κ1) is 11.9. The predicted molar refractivity (Wildman–Crippen MR) is 70.9 cm³/mol. The van der Waals surface area contributed by atoms with E-state index >= 15 is 0 Å². The van der Waals surface area contributed by atoms with E-state index in [-0.39, 0.29) is 0 Å². The Morgan fingerprint density at radius 1 is 1.12 bits per heavy atom. The third kappa shape index (κ3) is 2.13. The van der Waals surface area contributed by atoms with Crippen molar-refractivity contribution in [3.05, 3.63) is 0 Å². The van der Waals surface area contributed by atoms with Crippen LogP contribution in [0.4, 0.5) is 0 Å². The average Bonchev–Trinajstić information content (AvgIpc) is 2.94. The Balaban J connectivity index is 1.69. The zero-order valence-corrected chi connectivity index (χ0v) is 11.1. The molecule has 3 aliphatic rings. The van der Waals surface area contributed by atoms with Gasteiger partial charge in [-0.3, -0.25) is 9.80 Å². The number of rotatable bonds is 2. The number of hydrogen-bond donors (Lipinski definition) is 1. The highest BCUT2D eigenvalue weighted by Crippen LogP contribution is 2.34. The van der Waals surface area contributed by atoms with Gasteiger partial charge in [0, 0.05) is 31.2 Å². The van der Waals surface area contributed by atoms with Gasteiger partial charge in [0.15, 0.2) is 0 Å². The Kier molecular flexibility index (Phi) is 3.42. The van der Waals surface area contributed by atoms with Gasteiger partial charge in [0.2, 0.25) is 0 Å². The van der Waals surface area contributed by atoms with Crippen LogP contribution >= 0.6 is 0 Å². The largest absolute Gasteiger partial charge is 0.330 e. The molecule has 1 saturated carbocycles. The minimum absolute atomic E-state index is 0.737. The Bertz CT molecular complexity index is 268. The van der Waals surface area contributed by atoms with Crippen molar-refractivity contribution < 1.29 is 0 Å². The normalized spacial score (nSPS) is 44.1.